The summed E-state index contributed by atoms with van der Waals surface area (Å²) < 4.78 is 6.90. The number of carbonyl (C=O) groups is 1. The third-order valence-electron chi connectivity index (χ3n) is 3.65. The second kappa shape index (κ2) is 5.13. The van der Waals surface area contributed by atoms with Gasteiger partial charge in [0.25, 0.3) is 0 Å². The first kappa shape index (κ1) is 12.9. The Morgan fingerprint density at radius 3 is 2.84 bits per heavy atom. The summed E-state index contributed by atoms with van der Waals surface area (Å²) in [5, 5.41) is 12.4. The minimum Gasteiger partial charge on any atom is -0.490 e. The quantitative estimate of drug-likeness (QED) is 0.893. The van der Waals surface area contributed by atoms with Crippen LogP contribution in [-0.4, -0.2) is 23.7 Å². The molecule has 2 aliphatic rings. The Bertz CT molecular complexity index is 501. The van der Waals surface area contributed by atoms with Crippen LogP contribution in [0.3, 0.4) is 0 Å². The van der Waals surface area contributed by atoms with Crippen molar-refractivity contribution in [3.05, 3.63) is 28.2 Å². The van der Waals surface area contributed by atoms with Crippen LogP contribution in [-0.2, 0) is 4.79 Å². The van der Waals surface area contributed by atoms with E-state index in [-0.39, 0.29) is 12.0 Å². The molecule has 2 N–H and O–H groups in total. The molecular formula is C14H16BrNO3. The molecule has 1 saturated heterocycles. The number of benzene rings is 1. The molecule has 0 radical (unpaired) electrons. The molecule has 0 spiro atoms. The molecule has 4 nitrogen and oxygen atoms in total. The van der Waals surface area contributed by atoms with Crippen molar-refractivity contribution in [2.24, 2.45) is 5.92 Å². The maximum atomic E-state index is 11.0. The van der Waals surface area contributed by atoms with Crippen molar-refractivity contribution >= 4 is 21.9 Å². The zero-order valence-corrected chi connectivity index (χ0v) is 12.0. The SMILES string of the molecule is O=C(O)C1CNC(c2cc(Br)ccc2OC2CC2)C1. The van der Waals surface area contributed by atoms with Crippen LogP contribution < -0.4 is 10.1 Å². The van der Waals surface area contributed by atoms with Crippen molar-refractivity contribution in [2.45, 2.75) is 31.4 Å². The molecule has 0 bridgehead atoms. The van der Waals surface area contributed by atoms with Crippen LogP contribution >= 0.6 is 15.9 Å². The Balaban J connectivity index is 1.82. The molecule has 0 amide bonds. The molecule has 19 heavy (non-hydrogen) atoms. The smallest absolute Gasteiger partial charge is 0.307 e. The van der Waals surface area contributed by atoms with E-state index in [1.54, 1.807) is 0 Å². The number of aliphatic carboxylic acids is 1. The molecule has 5 heteroatoms. The first-order valence-electron chi connectivity index (χ1n) is 6.56. The highest BCUT2D eigenvalue weighted by molar-refractivity contribution is 9.10. The van der Waals surface area contributed by atoms with Gasteiger partial charge >= 0.3 is 5.97 Å². The van der Waals surface area contributed by atoms with Crippen LogP contribution in [0, 0.1) is 5.92 Å². The molecular weight excluding hydrogens is 310 g/mol. The summed E-state index contributed by atoms with van der Waals surface area (Å²) in [6.07, 6.45) is 3.19. The van der Waals surface area contributed by atoms with Crippen LogP contribution in [0.4, 0.5) is 0 Å². The van der Waals surface area contributed by atoms with E-state index in [0.29, 0.717) is 19.1 Å². The molecule has 1 aromatic carbocycles. The van der Waals surface area contributed by atoms with Crippen LogP contribution in [0.5, 0.6) is 5.75 Å². The topological polar surface area (TPSA) is 58.6 Å². The van der Waals surface area contributed by atoms with Crippen molar-refractivity contribution in [1.29, 1.82) is 0 Å². The fourth-order valence-electron chi connectivity index (χ4n) is 2.43. The second-order valence-corrected chi connectivity index (χ2v) is 6.15. The standard InChI is InChI=1S/C14H16BrNO3/c15-9-1-4-13(19-10-2-3-10)11(6-9)12-5-8(7-16-12)14(17)18/h1,4,6,8,10,12,16H,2-3,5,7H2,(H,17,18). The third kappa shape index (κ3) is 2.92. The molecule has 102 valence electrons. The van der Waals surface area contributed by atoms with Crippen molar-refractivity contribution < 1.29 is 14.6 Å². The van der Waals surface area contributed by atoms with Gasteiger partial charge < -0.3 is 15.2 Å². The highest BCUT2D eigenvalue weighted by Crippen LogP contribution is 2.37. The first-order valence-corrected chi connectivity index (χ1v) is 7.35. The predicted molar refractivity (Wildman–Crippen MR) is 74.3 cm³/mol. The fraction of sp³-hybridized carbons (Fsp3) is 0.500. The van der Waals surface area contributed by atoms with Gasteiger partial charge in [0.05, 0.1) is 12.0 Å². The van der Waals surface area contributed by atoms with Crippen molar-refractivity contribution in [3.63, 3.8) is 0 Å². The van der Waals surface area contributed by atoms with E-state index in [4.69, 9.17) is 9.84 Å². The van der Waals surface area contributed by atoms with E-state index in [1.165, 1.54) is 0 Å². The summed E-state index contributed by atoms with van der Waals surface area (Å²) in [6.45, 7) is 0.523. The Morgan fingerprint density at radius 2 is 2.21 bits per heavy atom. The van der Waals surface area contributed by atoms with E-state index in [1.807, 2.05) is 18.2 Å². The lowest BCUT2D eigenvalue weighted by Gasteiger charge is -2.17. The zero-order valence-electron chi connectivity index (χ0n) is 10.4. The van der Waals surface area contributed by atoms with Gasteiger partial charge in [0.2, 0.25) is 0 Å². The lowest BCUT2D eigenvalue weighted by Crippen LogP contribution is -2.17. The average molecular weight is 326 g/mol. The first-order chi connectivity index (χ1) is 9.13. The number of rotatable bonds is 4. The van der Waals surface area contributed by atoms with E-state index >= 15 is 0 Å². The van der Waals surface area contributed by atoms with Gasteiger partial charge in [0, 0.05) is 22.6 Å². The summed E-state index contributed by atoms with van der Waals surface area (Å²) in [7, 11) is 0. The molecule has 1 saturated carbocycles. The normalized spacial score (nSPS) is 26.4. The van der Waals surface area contributed by atoms with Gasteiger partial charge in [-0.25, -0.2) is 0 Å². The van der Waals surface area contributed by atoms with Gasteiger partial charge in [-0.3, -0.25) is 4.79 Å². The maximum absolute atomic E-state index is 11.0. The van der Waals surface area contributed by atoms with Crippen molar-refractivity contribution in [3.8, 4) is 5.75 Å². The van der Waals surface area contributed by atoms with Gasteiger partial charge in [0.15, 0.2) is 0 Å². The summed E-state index contributed by atoms with van der Waals surface area (Å²) in [5.41, 5.74) is 1.06. The largest absolute Gasteiger partial charge is 0.490 e. The Kier molecular flexibility index (Phi) is 3.50. The highest BCUT2D eigenvalue weighted by atomic mass is 79.9. The monoisotopic (exact) mass is 325 g/mol. The van der Waals surface area contributed by atoms with E-state index < -0.39 is 5.97 Å². The highest BCUT2D eigenvalue weighted by Gasteiger charge is 2.33. The molecule has 2 atom stereocenters. The Labute approximate surface area is 120 Å². The van der Waals surface area contributed by atoms with Gasteiger partial charge in [-0.05, 0) is 37.5 Å². The number of hydrogen-bond donors (Lipinski definition) is 2. The number of nitrogens with one attached hydrogen (secondary N) is 1. The van der Waals surface area contributed by atoms with Gasteiger partial charge in [0.1, 0.15) is 5.75 Å². The van der Waals surface area contributed by atoms with Crippen molar-refractivity contribution in [2.75, 3.05) is 6.54 Å². The van der Waals surface area contributed by atoms with Gasteiger partial charge in [-0.1, -0.05) is 15.9 Å². The minimum atomic E-state index is -0.727. The molecule has 3 rings (SSSR count). The summed E-state index contributed by atoms with van der Waals surface area (Å²) in [5.74, 6) is -0.151. The summed E-state index contributed by atoms with van der Waals surface area (Å²) in [4.78, 5) is 11.0. The van der Waals surface area contributed by atoms with E-state index in [0.717, 1.165) is 28.6 Å². The van der Waals surface area contributed by atoms with Crippen molar-refractivity contribution in [1.82, 2.24) is 5.32 Å². The number of hydrogen-bond acceptors (Lipinski definition) is 3. The second-order valence-electron chi connectivity index (χ2n) is 5.23. The minimum absolute atomic E-state index is 0.0624. The molecule has 0 aromatic heterocycles. The summed E-state index contributed by atoms with van der Waals surface area (Å²) in [6, 6.07) is 6.02. The average Bonchev–Trinajstić information content (AvgIpc) is 3.05. The number of halogens is 1. The lowest BCUT2D eigenvalue weighted by atomic mass is 9.99. The van der Waals surface area contributed by atoms with E-state index in [9.17, 15) is 4.79 Å². The fourth-order valence-corrected chi connectivity index (χ4v) is 2.80. The zero-order chi connectivity index (χ0) is 13.4. The van der Waals surface area contributed by atoms with E-state index in [2.05, 4.69) is 21.2 Å². The lowest BCUT2D eigenvalue weighted by molar-refractivity contribution is -0.141. The molecule has 2 unspecified atom stereocenters. The number of ether oxygens (including phenoxy) is 1. The molecule has 1 heterocycles. The Morgan fingerprint density at radius 1 is 1.42 bits per heavy atom. The third-order valence-corrected chi connectivity index (χ3v) is 4.14. The molecule has 1 aromatic rings. The van der Waals surface area contributed by atoms with Gasteiger partial charge in [-0.2, -0.15) is 0 Å². The number of carboxylic acid groups (broad SMARTS) is 1. The summed E-state index contributed by atoms with van der Waals surface area (Å²) >= 11 is 3.47. The predicted octanol–water partition coefficient (Wildman–Crippen LogP) is 2.73. The number of carboxylic acids is 1. The van der Waals surface area contributed by atoms with Crippen LogP contribution in [0.2, 0.25) is 0 Å². The van der Waals surface area contributed by atoms with Crippen LogP contribution in [0.15, 0.2) is 22.7 Å². The van der Waals surface area contributed by atoms with Gasteiger partial charge in [-0.15, -0.1) is 0 Å². The van der Waals surface area contributed by atoms with Crippen LogP contribution in [0.25, 0.3) is 0 Å². The maximum Gasteiger partial charge on any atom is 0.307 e. The molecule has 1 aliphatic heterocycles. The Hall–Kier alpha value is -1.07. The molecule has 2 fully saturated rings. The molecule has 1 aliphatic carbocycles. The van der Waals surface area contributed by atoms with Crippen LogP contribution in [0.1, 0.15) is 30.9 Å².